The molecule has 2 rings (SSSR count). The molecule has 0 aliphatic rings. The summed E-state index contributed by atoms with van der Waals surface area (Å²) in [5.41, 5.74) is 5.25. The fraction of sp³-hybridized carbons (Fsp3) is 0. The van der Waals surface area contributed by atoms with Crippen molar-refractivity contribution in [3.63, 3.8) is 0 Å². The van der Waals surface area contributed by atoms with Crippen molar-refractivity contribution in [2.24, 2.45) is 0 Å². The number of anilines is 1. The summed E-state index contributed by atoms with van der Waals surface area (Å²) in [5, 5.41) is 15.8. The van der Waals surface area contributed by atoms with Crippen LogP contribution in [0.25, 0.3) is 10.9 Å². The Morgan fingerprint density at radius 3 is 2.75 bits per heavy atom. The van der Waals surface area contributed by atoms with Gasteiger partial charge < -0.3 is 10.8 Å². The fourth-order valence-corrected chi connectivity index (χ4v) is 1.44. The first-order valence-electron chi connectivity index (χ1n) is 4.15. The zero-order valence-corrected chi connectivity index (χ0v) is 8.49. The third-order valence-electron chi connectivity index (χ3n) is 2.04. The monoisotopic (exact) mass is 241 g/mol. The second kappa shape index (κ2) is 3.57. The van der Waals surface area contributed by atoms with Crippen molar-refractivity contribution in [1.82, 2.24) is 10.2 Å². The molecule has 0 atom stereocenters. The van der Waals surface area contributed by atoms with E-state index in [2.05, 4.69) is 10.2 Å². The van der Waals surface area contributed by atoms with E-state index in [4.69, 9.17) is 22.4 Å². The molecule has 82 valence electrons. The Balaban J connectivity index is 2.84. The van der Waals surface area contributed by atoms with Crippen LogP contribution in [0.15, 0.2) is 12.1 Å². The normalized spacial score (nSPS) is 10.6. The number of hydrogen-bond acceptors (Lipinski definition) is 4. The molecule has 0 spiro atoms. The lowest BCUT2D eigenvalue weighted by Gasteiger charge is -2.04. The van der Waals surface area contributed by atoms with Gasteiger partial charge in [0, 0.05) is 5.39 Å². The molecule has 0 aliphatic carbocycles. The number of carboxylic acid groups (broad SMARTS) is 1. The van der Waals surface area contributed by atoms with Crippen molar-refractivity contribution >= 4 is 34.2 Å². The molecule has 5 nitrogen and oxygen atoms in total. The summed E-state index contributed by atoms with van der Waals surface area (Å²) in [6.45, 7) is 0. The zero-order chi connectivity index (χ0) is 11.9. The topological polar surface area (TPSA) is 89.1 Å². The molecule has 0 saturated carbocycles. The average molecular weight is 242 g/mol. The number of benzene rings is 1. The molecule has 1 aromatic carbocycles. The molecule has 0 bridgehead atoms. The molecule has 0 fully saturated rings. The lowest BCUT2D eigenvalue weighted by Crippen LogP contribution is -2.08. The van der Waals surface area contributed by atoms with Gasteiger partial charge in [-0.3, -0.25) is 0 Å². The highest BCUT2D eigenvalue weighted by molar-refractivity contribution is 6.31. The van der Waals surface area contributed by atoms with Crippen molar-refractivity contribution in [3.05, 3.63) is 28.7 Å². The highest BCUT2D eigenvalue weighted by atomic mass is 35.5. The molecule has 1 heterocycles. The maximum Gasteiger partial charge on any atom is 0.358 e. The summed E-state index contributed by atoms with van der Waals surface area (Å²) in [6.07, 6.45) is 0. The number of halogens is 2. The maximum absolute atomic E-state index is 13.2. The van der Waals surface area contributed by atoms with E-state index in [1.165, 1.54) is 6.07 Å². The average Bonchev–Trinajstić information content (AvgIpc) is 2.21. The van der Waals surface area contributed by atoms with Crippen molar-refractivity contribution in [2.75, 3.05) is 5.73 Å². The minimum Gasteiger partial charge on any atom is -0.476 e. The van der Waals surface area contributed by atoms with Crippen LogP contribution >= 0.6 is 11.6 Å². The lowest BCUT2D eigenvalue weighted by atomic mass is 10.1. The molecule has 0 unspecified atom stereocenters. The number of rotatable bonds is 1. The van der Waals surface area contributed by atoms with E-state index in [-0.39, 0.29) is 21.6 Å². The summed E-state index contributed by atoms with van der Waals surface area (Å²) < 4.78 is 13.2. The van der Waals surface area contributed by atoms with Crippen LogP contribution in [0.3, 0.4) is 0 Å². The Morgan fingerprint density at radius 2 is 2.12 bits per heavy atom. The van der Waals surface area contributed by atoms with Crippen LogP contribution in [-0.2, 0) is 0 Å². The lowest BCUT2D eigenvalue weighted by molar-refractivity contribution is 0.0691. The molecule has 0 radical (unpaired) electrons. The van der Waals surface area contributed by atoms with E-state index in [0.29, 0.717) is 0 Å². The van der Waals surface area contributed by atoms with Gasteiger partial charge in [-0.05, 0) is 12.1 Å². The molecule has 16 heavy (non-hydrogen) atoms. The first-order valence-corrected chi connectivity index (χ1v) is 4.52. The molecule has 3 N–H and O–H groups in total. The van der Waals surface area contributed by atoms with Gasteiger partial charge in [-0.15, -0.1) is 10.2 Å². The molecular formula is C9H5ClFN3O2. The Bertz CT molecular complexity index is 603. The van der Waals surface area contributed by atoms with E-state index in [1.807, 2.05) is 0 Å². The summed E-state index contributed by atoms with van der Waals surface area (Å²) in [4.78, 5) is 10.7. The van der Waals surface area contributed by atoms with Crippen LogP contribution in [0, 0.1) is 5.82 Å². The van der Waals surface area contributed by atoms with E-state index in [9.17, 15) is 9.18 Å². The SMILES string of the molecule is Nc1c(C(=O)O)nnc2cc(Cl)c(F)cc12. The standard InChI is InChI=1S/C9H5ClFN3O2/c10-4-2-6-3(1-5(4)11)7(12)8(9(15)16)14-13-6/h1-2H,(H2,12,13)(H,15,16). The first kappa shape index (κ1) is 10.6. The highest BCUT2D eigenvalue weighted by Gasteiger charge is 2.15. The van der Waals surface area contributed by atoms with Crippen molar-refractivity contribution < 1.29 is 14.3 Å². The van der Waals surface area contributed by atoms with Crippen LogP contribution < -0.4 is 5.73 Å². The van der Waals surface area contributed by atoms with E-state index < -0.39 is 17.5 Å². The van der Waals surface area contributed by atoms with E-state index in [0.717, 1.165) is 6.07 Å². The van der Waals surface area contributed by atoms with Crippen LogP contribution in [0.5, 0.6) is 0 Å². The minimum absolute atomic E-state index is 0.121. The quantitative estimate of drug-likeness (QED) is 0.793. The molecule has 2 aromatic rings. The summed E-state index contributed by atoms with van der Waals surface area (Å²) in [7, 11) is 0. The highest BCUT2D eigenvalue weighted by Crippen LogP contribution is 2.26. The Labute approximate surface area is 93.7 Å². The second-order valence-corrected chi connectivity index (χ2v) is 3.46. The zero-order valence-electron chi connectivity index (χ0n) is 7.74. The number of carbonyl (C=O) groups is 1. The first-order chi connectivity index (χ1) is 7.50. The third-order valence-corrected chi connectivity index (χ3v) is 2.33. The van der Waals surface area contributed by atoms with Gasteiger partial charge in [0.25, 0.3) is 0 Å². The number of nitrogens with two attached hydrogens (primary N) is 1. The number of nitrogens with zero attached hydrogens (tertiary/aromatic N) is 2. The van der Waals surface area contributed by atoms with Gasteiger partial charge in [0.15, 0.2) is 5.69 Å². The Kier molecular flexibility index (Phi) is 2.35. The molecular weight excluding hydrogens is 237 g/mol. The van der Waals surface area contributed by atoms with Crippen LogP contribution in [0.2, 0.25) is 5.02 Å². The van der Waals surface area contributed by atoms with E-state index >= 15 is 0 Å². The largest absolute Gasteiger partial charge is 0.476 e. The molecule has 0 saturated heterocycles. The molecule has 0 aliphatic heterocycles. The number of aromatic nitrogens is 2. The summed E-state index contributed by atoms with van der Waals surface area (Å²) in [6, 6.07) is 2.27. The van der Waals surface area contributed by atoms with Crippen molar-refractivity contribution in [1.29, 1.82) is 0 Å². The number of carboxylic acids is 1. The molecule has 0 amide bonds. The maximum atomic E-state index is 13.2. The molecule has 7 heteroatoms. The van der Waals surface area contributed by atoms with Gasteiger partial charge in [0.2, 0.25) is 0 Å². The number of fused-ring (bicyclic) bond motifs is 1. The van der Waals surface area contributed by atoms with Crippen LogP contribution in [0.4, 0.5) is 10.1 Å². The van der Waals surface area contributed by atoms with Gasteiger partial charge in [0.1, 0.15) is 5.82 Å². The number of aromatic carboxylic acids is 1. The fourth-order valence-electron chi connectivity index (χ4n) is 1.28. The Hall–Kier alpha value is -1.95. The second-order valence-electron chi connectivity index (χ2n) is 3.05. The predicted octanol–water partition coefficient (Wildman–Crippen LogP) is 1.70. The van der Waals surface area contributed by atoms with Gasteiger partial charge in [-0.2, -0.15) is 0 Å². The third kappa shape index (κ3) is 1.53. The van der Waals surface area contributed by atoms with Crippen LogP contribution in [-0.4, -0.2) is 21.3 Å². The van der Waals surface area contributed by atoms with Gasteiger partial charge >= 0.3 is 5.97 Å². The van der Waals surface area contributed by atoms with Crippen molar-refractivity contribution in [2.45, 2.75) is 0 Å². The number of hydrogen-bond donors (Lipinski definition) is 2. The van der Waals surface area contributed by atoms with Gasteiger partial charge in [0.05, 0.1) is 16.2 Å². The van der Waals surface area contributed by atoms with E-state index in [1.54, 1.807) is 0 Å². The summed E-state index contributed by atoms with van der Waals surface area (Å²) >= 11 is 5.54. The predicted molar refractivity (Wildman–Crippen MR) is 55.9 cm³/mol. The number of nitrogen functional groups attached to an aromatic ring is 1. The van der Waals surface area contributed by atoms with Gasteiger partial charge in [-0.1, -0.05) is 11.6 Å². The van der Waals surface area contributed by atoms with Crippen molar-refractivity contribution in [3.8, 4) is 0 Å². The van der Waals surface area contributed by atoms with Crippen LogP contribution in [0.1, 0.15) is 10.5 Å². The molecule has 1 aromatic heterocycles. The Morgan fingerprint density at radius 1 is 1.44 bits per heavy atom. The minimum atomic E-state index is -1.32. The van der Waals surface area contributed by atoms with Gasteiger partial charge in [-0.25, -0.2) is 9.18 Å². The summed E-state index contributed by atoms with van der Waals surface area (Å²) in [5.74, 6) is -2.01. The smallest absolute Gasteiger partial charge is 0.358 e.